The second-order valence-corrected chi connectivity index (χ2v) is 7.70. The molecule has 29 heavy (non-hydrogen) atoms. The summed E-state index contributed by atoms with van der Waals surface area (Å²) >= 11 is 5.94. The van der Waals surface area contributed by atoms with Crippen molar-refractivity contribution in [1.82, 2.24) is 20.2 Å². The van der Waals surface area contributed by atoms with Gasteiger partial charge in [0.05, 0.1) is 12.8 Å². The largest absolute Gasteiger partial charge is 0.361 e. The number of carbonyl (C=O) groups excluding carboxylic acids is 1. The van der Waals surface area contributed by atoms with Gasteiger partial charge in [0.1, 0.15) is 0 Å². The molecule has 3 aromatic rings. The molecule has 0 atom stereocenters. The van der Waals surface area contributed by atoms with E-state index < -0.39 is 0 Å². The molecular formula is C22H24ClN5O. The summed E-state index contributed by atoms with van der Waals surface area (Å²) in [6.07, 6.45) is 3.57. The Morgan fingerprint density at radius 3 is 2.59 bits per heavy atom. The number of para-hydroxylation sites is 1. The predicted octanol–water partition coefficient (Wildman–Crippen LogP) is 3.09. The highest BCUT2D eigenvalue weighted by Crippen LogP contribution is 2.15. The number of halogens is 1. The predicted molar refractivity (Wildman–Crippen MR) is 117 cm³/mol. The highest BCUT2D eigenvalue weighted by Gasteiger charge is 2.18. The first-order chi connectivity index (χ1) is 14.2. The van der Waals surface area contributed by atoms with Crippen molar-refractivity contribution in [1.29, 1.82) is 0 Å². The molecule has 2 aromatic carbocycles. The van der Waals surface area contributed by atoms with Gasteiger partial charge in [-0.3, -0.25) is 14.6 Å². The highest BCUT2D eigenvalue weighted by atomic mass is 35.5. The summed E-state index contributed by atoms with van der Waals surface area (Å²) in [6.45, 7) is 4.88. The number of piperazine rings is 1. The molecule has 4 rings (SSSR count). The Balaban J connectivity index is 1.21. The molecule has 0 bridgehead atoms. The third kappa shape index (κ3) is 5.23. The first-order valence-corrected chi connectivity index (χ1v) is 10.1. The Labute approximate surface area is 175 Å². The Bertz CT molecular complexity index is 990. The van der Waals surface area contributed by atoms with Crippen LogP contribution in [0.2, 0.25) is 5.02 Å². The second kappa shape index (κ2) is 9.22. The monoisotopic (exact) mass is 409 g/mol. The van der Waals surface area contributed by atoms with Crippen LogP contribution in [0.3, 0.4) is 0 Å². The maximum atomic E-state index is 12.2. The Morgan fingerprint density at radius 1 is 1.07 bits per heavy atom. The number of fused-ring (bicyclic) bond motifs is 1. The third-order valence-corrected chi connectivity index (χ3v) is 5.42. The fourth-order valence-electron chi connectivity index (χ4n) is 3.57. The first-order valence-electron chi connectivity index (χ1n) is 9.74. The summed E-state index contributed by atoms with van der Waals surface area (Å²) in [6, 6.07) is 16.0. The SMILES string of the molecule is O=C(CN1CCN(Cc2ccc(Cl)cc2)CC1)NN=Cc1c[nH]c2ccccc12. The number of hydrogen-bond donors (Lipinski definition) is 2. The van der Waals surface area contributed by atoms with Crippen LogP contribution in [0, 0.1) is 0 Å². The smallest absolute Gasteiger partial charge is 0.254 e. The van der Waals surface area contributed by atoms with Gasteiger partial charge in [-0.2, -0.15) is 5.10 Å². The lowest BCUT2D eigenvalue weighted by Crippen LogP contribution is -2.48. The standard InChI is InChI=1S/C22H24ClN5O/c23-19-7-5-17(6-8-19)15-27-9-11-28(12-10-27)16-22(29)26-25-14-18-13-24-21-4-2-1-3-20(18)21/h1-8,13-14,24H,9-12,15-16H2,(H,26,29). The average Bonchev–Trinajstić information content (AvgIpc) is 3.14. The Kier molecular flexibility index (Phi) is 6.24. The summed E-state index contributed by atoms with van der Waals surface area (Å²) in [5.74, 6) is -0.0905. The van der Waals surface area contributed by atoms with Crippen molar-refractivity contribution in [2.75, 3.05) is 32.7 Å². The second-order valence-electron chi connectivity index (χ2n) is 7.26. The average molecular weight is 410 g/mol. The minimum absolute atomic E-state index is 0.0905. The number of rotatable bonds is 6. The van der Waals surface area contributed by atoms with Gasteiger partial charge in [0, 0.05) is 60.4 Å². The van der Waals surface area contributed by atoms with E-state index in [1.165, 1.54) is 5.56 Å². The summed E-state index contributed by atoms with van der Waals surface area (Å²) in [7, 11) is 0. The summed E-state index contributed by atoms with van der Waals surface area (Å²) in [5, 5.41) is 5.96. The number of benzene rings is 2. The van der Waals surface area contributed by atoms with Crippen LogP contribution < -0.4 is 5.43 Å². The third-order valence-electron chi connectivity index (χ3n) is 5.17. The van der Waals surface area contributed by atoms with Gasteiger partial charge in [-0.1, -0.05) is 41.9 Å². The topological polar surface area (TPSA) is 63.7 Å². The van der Waals surface area contributed by atoms with E-state index in [4.69, 9.17) is 11.6 Å². The number of H-pyrrole nitrogens is 1. The lowest BCUT2D eigenvalue weighted by Gasteiger charge is -2.34. The number of aromatic nitrogens is 1. The van der Waals surface area contributed by atoms with Gasteiger partial charge in [0.25, 0.3) is 5.91 Å². The number of aromatic amines is 1. The summed E-state index contributed by atoms with van der Waals surface area (Å²) < 4.78 is 0. The lowest BCUT2D eigenvalue weighted by molar-refractivity contribution is -0.122. The summed E-state index contributed by atoms with van der Waals surface area (Å²) in [4.78, 5) is 20.0. The lowest BCUT2D eigenvalue weighted by atomic mass is 10.2. The molecule has 0 spiro atoms. The van der Waals surface area contributed by atoms with Crippen molar-refractivity contribution >= 4 is 34.6 Å². The minimum Gasteiger partial charge on any atom is -0.361 e. The van der Waals surface area contributed by atoms with Gasteiger partial charge < -0.3 is 4.98 Å². The van der Waals surface area contributed by atoms with Crippen molar-refractivity contribution in [3.05, 3.63) is 70.9 Å². The number of carbonyl (C=O) groups is 1. The van der Waals surface area contributed by atoms with Crippen LogP contribution in [0.5, 0.6) is 0 Å². The van der Waals surface area contributed by atoms with Gasteiger partial charge in [-0.05, 0) is 23.8 Å². The van der Waals surface area contributed by atoms with E-state index in [0.717, 1.165) is 54.2 Å². The van der Waals surface area contributed by atoms with Gasteiger partial charge in [-0.25, -0.2) is 5.43 Å². The van der Waals surface area contributed by atoms with E-state index in [-0.39, 0.29) is 5.91 Å². The van der Waals surface area contributed by atoms with Crippen molar-refractivity contribution in [2.24, 2.45) is 5.10 Å². The number of hydrazone groups is 1. The first kappa shape index (κ1) is 19.6. The van der Waals surface area contributed by atoms with Crippen LogP contribution in [0.1, 0.15) is 11.1 Å². The molecule has 1 aromatic heterocycles. The van der Waals surface area contributed by atoms with Crippen LogP contribution in [-0.4, -0.2) is 59.6 Å². The normalized spacial score (nSPS) is 15.9. The van der Waals surface area contributed by atoms with Gasteiger partial charge in [0.2, 0.25) is 0 Å². The zero-order chi connectivity index (χ0) is 20.1. The summed E-state index contributed by atoms with van der Waals surface area (Å²) in [5.41, 5.74) is 5.90. The molecule has 1 saturated heterocycles. The van der Waals surface area contributed by atoms with E-state index in [1.807, 2.05) is 42.6 Å². The van der Waals surface area contributed by atoms with Crippen LogP contribution in [0.4, 0.5) is 0 Å². The van der Waals surface area contributed by atoms with Crippen LogP contribution in [-0.2, 0) is 11.3 Å². The number of nitrogens with one attached hydrogen (secondary N) is 2. The molecule has 2 heterocycles. The van der Waals surface area contributed by atoms with Crippen molar-refractivity contribution in [3.8, 4) is 0 Å². The van der Waals surface area contributed by atoms with E-state index in [9.17, 15) is 4.79 Å². The molecule has 1 fully saturated rings. The van der Waals surface area contributed by atoms with E-state index in [2.05, 4.69) is 37.4 Å². The molecular weight excluding hydrogens is 386 g/mol. The molecule has 150 valence electrons. The van der Waals surface area contributed by atoms with Gasteiger partial charge in [0.15, 0.2) is 0 Å². The fraction of sp³-hybridized carbons (Fsp3) is 0.273. The van der Waals surface area contributed by atoms with Crippen molar-refractivity contribution < 1.29 is 4.79 Å². The molecule has 0 saturated carbocycles. The van der Waals surface area contributed by atoms with Crippen LogP contribution in [0.15, 0.2) is 59.8 Å². The zero-order valence-corrected chi connectivity index (χ0v) is 16.9. The molecule has 6 nitrogen and oxygen atoms in total. The van der Waals surface area contributed by atoms with Gasteiger partial charge >= 0.3 is 0 Å². The molecule has 7 heteroatoms. The van der Waals surface area contributed by atoms with Crippen molar-refractivity contribution in [2.45, 2.75) is 6.54 Å². The number of nitrogens with zero attached hydrogens (tertiary/aromatic N) is 3. The molecule has 1 aliphatic heterocycles. The highest BCUT2D eigenvalue weighted by molar-refractivity contribution is 6.30. The quantitative estimate of drug-likeness (QED) is 0.485. The van der Waals surface area contributed by atoms with E-state index in [0.29, 0.717) is 6.54 Å². The Morgan fingerprint density at radius 2 is 1.79 bits per heavy atom. The molecule has 1 aliphatic rings. The fourth-order valence-corrected chi connectivity index (χ4v) is 3.69. The molecule has 2 N–H and O–H groups in total. The molecule has 0 aliphatic carbocycles. The van der Waals surface area contributed by atoms with Crippen molar-refractivity contribution in [3.63, 3.8) is 0 Å². The number of hydrogen-bond acceptors (Lipinski definition) is 4. The Hall–Kier alpha value is -2.67. The molecule has 0 unspecified atom stereocenters. The number of amides is 1. The van der Waals surface area contributed by atoms with Crippen LogP contribution in [0.25, 0.3) is 10.9 Å². The van der Waals surface area contributed by atoms with Crippen LogP contribution >= 0.6 is 11.6 Å². The zero-order valence-electron chi connectivity index (χ0n) is 16.1. The maximum absolute atomic E-state index is 12.2. The molecule has 1 amide bonds. The van der Waals surface area contributed by atoms with E-state index >= 15 is 0 Å². The minimum atomic E-state index is -0.0905. The van der Waals surface area contributed by atoms with Gasteiger partial charge in [-0.15, -0.1) is 0 Å². The van der Waals surface area contributed by atoms with E-state index in [1.54, 1.807) is 6.21 Å². The maximum Gasteiger partial charge on any atom is 0.254 e. The molecule has 0 radical (unpaired) electrons.